The van der Waals surface area contributed by atoms with Crippen LogP contribution in [0.3, 0.4) is 0 Å². The molecule has 0 aliphatic heterocycles. The number of hydrogen-bond donors (Lipinski definition) is 2. The Balaban J connectivity index is 2.45. The lowest BCUT2D eigenvalue weighted by atomic mass is 9.97. The number of nitrogens with zero attached hydrogens (tertiary/aromatic N) is 1. The van der Waals surface area contributed by atoms with E-state index in [0.29, 0.717) is 5.56 Å². The van der Waals surface area contributed by atoms with Gasteiger partial charge in [0.2, 0.25) is 0 Å². The molecule has 1 heterocycles. The van der Waals surface area contributed by atoms with Crippen molar-refractivity contribution in [2.45, 2.75) is 19.1 Å². The summed E-state index contributed by atoms with van der Waals surface area (Å²) in [5.41, 5.74) is 1.92. The Kier molecular flexibility index (Phi) is 3.78. The third-order valence-electron chi connectivity index (χ3n) is 3.13. The van der Waals surface area contributed by atoms with Gasteiger partial charge in [-0.3, -0.25) is 4.98 Å². The molecule has 19 heavy (non-hydrogen) atoms. The molecule has 0 saturated carbocycles. The lowest BCUT2D eigenvalue weighted by Gasteiger charge is -2.18. The summed E-state index contributed by atoms with van der Waals surface area (Å²) in [5, 5.41) is 20.7. The first-order valence-electron chi connectivity index (χ1n) is 5.84. The molecule has 5 heteroatoms. The topological polar surface area (TPSA) is 79.7 Å². The number of aromatic nitrogens is 1. The number of ether oxygens (including phenoxy) is 1. The molecule has 0 radical (unpaired) electrons. The third kappa shape index (κ3) is 2.43. The highest BCUT2D eigenvalue weighted by Gasteiger charge is 2.28. The number of carbonyl (C=O) groups is 1. The van der Waals surface area contributed by atoms with E-state index < -0.39 is 18.2 Å². The second-order valence-electron chi connectivity index (χ2n) is 4.27. The van der Waals surface area contributed by atoms with E-state index in [1.807, 2.05) is 12.1 Å². The molecule has 0 spiro atoms. The monoisotopic (exact) mass is 261 g/mol. The number of hydrogen-bond acceptors (Lipinski definition) is 5. The van der Waals surface area contributed by atoms with Gasteiger partial charge in [-0.2, -0.15) is 0 Å². The van der Waals surface area contributed by atoms with E-state index in [4.69, 9.17) is 0 Å². The highest BCUT2D eigenvalue weighted by Crippen LogP contribution is 2.26. The summed E-state index contributed by atoms with van der Waals surface area (Å²) in [6.07, 6.45) is -1.29. The van der Waals surface area contributed by atoms with Crippen molar-refractivity contribution in [2.75, 3.05) is 7.11 Å². The predicted molar refractivity (Wildman–Crippen MR) is 69.5 cm³/mol. The fraction of sp³-hybridized carbons (Fsp3) is 0.286. The summed E-state index contributed by atoms with van der Waals surface area (Å²) >= 11 is 0. The smallest absolute Gasteiger partial charge is 0.337 e. The fourth-order valence-corrected chi connectivity index (χ4v) is 2.05. The van der Waals surface area contributed by atoms with E-state index >= 15 is 0 Å². The second kappa shape index (κ2) is 5.34. The van der Waals surface area contributed by atoms with Crippen LogP contribution < -0.4 is 0 Å². The Morgan fingerprint density at radius 3 is 2.74 bits per heavy atom. The van der Waals surface area contributed by atoms with Crippen molar-refractivity contribution in [2.24, 2.45) is 0 Å². The van der Waals surface area contributed by atoms with Gasteiger partial charge >= 0.3 is 5.97 Å². The summed E-state index contributed by atoms with van der Waals surface area (Å²) in [6, 6.07) is 7.19. The minimum Gasteiger partial charge on any atom is -0.467 e. The summed E-state index contributed by atoms with van der Waals surface area (Å²) in [6.45, 7) is 1.79. The van der Waals surface area contributed by atoms with Crippen LogP contribution in [-0.4, -0.2) is 34.4 Å². The maximum absolute atomic E-state index is 11.3. The Labute approximate surface area is 110 Å². The SMILES string of the molecule is COC(=O)C(O)C(O)c1ccc2cccnc2c1C. The normalized spacial score (nSPS) is 14.1. The van der Waals surface area contributed by atoms with Crippen molar-refractivity contribution in [3.63, 3.8) is 0 Å². The molecule has 0 fully saturated rings. The zero-order valence-corrected chi connectivity index (χ0v) is 10.7. The Hall–Kier alpha value is -1.98. The quantitative estimate of drug-likeness (QED) is 0.809. The van der Waals surface area contributed by atoms with Gasteiger partial charge in [0.25, 0.3) is 0 Å². The van der Waals surface area contributed by atoms with Gasteiger partial charge in [0.1, 0.15) is 6.10 Å². The number of benzene rings is 1. The number of aliphatic hydroxyl groups is 2. The van der Waals surface area contributed by atoms with Gasteiger partial charge in [-0.1, -0.05) is 18.2 Å². The first-order chi connectivity index (χ1) is 9.06. The number of pyridine rings is 1. The average Bonchev–Trinajstić information content (AvgIpc) is 2.45. The lowest BCUT2D eigenvalue weighted by molar-refractivity contribution is -0.156. The summed E-state index contributed by atoms with van der Waals surface area (Å²) in [4.78, 5) is 15.5. The Morgan fingerprint density at radius 1 is 1.32 bits per heavy atom. The number of methoxy groups -OCH3 is 1. The van der Waals surface area contributed by atoms with Crippen LogP contribution in [0.15, 0.2) is 30.5 Å². The molecular formula is C14H15NO4. The minimum absolute atomic E-state index is 0.462. The molecule has 0 bridgehead atoms. The van der Waals surface area contributed by atoms with Gasteiger partial charge in [0.05, 0.1) is 12.6 Å². The summed E-state index contributed by atoms with van der Waals surface area (Å²) < 4.78 is 4.42. The fourth-order valence-electron chi connectivity index (χ4n) is 2.05. The average molecular weight is 261 g/mol. The van der Waals surface area contributed by atoms with Crippen molar-refractivity contribution in [3.8, 4) is 0 Å². The molecule has 2 aromatic rings. The number of esters is 1. The molecule has 0 amide bonds. The number of aliphatic hydroxyl groups excluding tert-OH is 2. The molecule has 2 rings (SSSR count). The zero-order valence-electron chi connectivity index (χ0n) is 10.7. The number of rotatable bonds is 3. The highest BCUT2D eigenvalue weighted by atomic mass is 16.5. The van der Waals surface area contributed by atoms with E-state index in [1.165, 1.54) is 0 Å². The van der Waals surface area contributed by atoms with Crippen molar-refractivity contribution >= 4 is 16.9 Å². The van der Waals surface area contributed by atoms with Crippen LogP contribution in [0, 0.1) is 6.92 Å². The van der Waals surface area contributed by atoms with Crippen molar-refractivity contribution in [1.82, 2.24) is 4.98 Å². The largest absolute Gasteiger partial charge is 0.467 e. The van der Waals surface area contributed by atoms with E-state index in [-0.39, 0.29) is 0 Å². The van der Waals surface area contributed by atoms with Gasteiger partial charge in [0.15, 0.2) is 6.10 Å². The molecule has 2 atom stereocenters. The summed E-state index contributed by atoms with van der Waals surface area (Å²) in [7, 11) is 1.16. The van der Waals surface area contributed by atoms with E-state index in [0.717, 1.165) is 23.6 Å². The van der Waals surface area contributed by atoms with Crippen LogP contribution >= 0.6 is 0 Å². The van der Waals surface area contributed by atoms with Crippen molar-refractivity contribution < 1.29 is 19.7 Å². The van der Waals surface area contributed by atoms with E-state index in [9.17, 15) is 15.0 Å². The van der Waals surface area contributed by atoms with Crippen LogP contribution in [0.5, 0.6) is 0 Å². The van der Waals surface area contributed by atoms with Crippen LogP contribution in [-0.2, 0) is 9.53 Å². The molecule has 1 aromatic heterocycles. The Morgan fingerprint density at radius 2 is 2.05 bits per heavy atom. The first kappa shape index (κ1) is 13.5. The van der Waals surface area contributed by atoms with Crippen LogP contribution in [0.2, 0.25) is 0 Å². The predicted octanol–water partition coefficient (Wildman–Crippen LogP) is 1.11. The number of aryl methyl sites for hydroxylation is 1. The molecule has 2 N–H and O–H groups in total. The van der Waals surface area contributed by atoms with Crippen LogP contribution in [0.25, 0.3) is 10.9 Å². The lowest BCUT2D eigenvalue weighted by Crippen LogP contribution is -2.29. The second-order valence-corrected chi connectivity index (χ2v) is 4.27. The third-order valence-corrected chi connectivity index (χ3v) is 3.13. The molecule has 1 aromatic carbocycles. The molecule has 0 aliphatic rings. The van der Waals surface area contributed by atoms with E-state index in [2.05, 4.69) is 9.72 Å². The molecule has 2 unspecified atom stereocenters. The highest BCUT2D eigenvalue weighted by molar-refractivity contribution is 5.83. The van der Waals surface area contributed by atoms with Gasteiger partial charge in [-0.05, 0) is 24.1 Å². The van der Waals surface area contributed by atoms with Crippen molar-refractivity contribution in [1.29, 1.82) is 0 Å². The maximum Gasteiger partial charge on any atom is 0.337 e. The van der Waals surface area contributed by atoms with Gasteiger partial charge in [-0.15, -0.1) is 0 Å². The van der Waals surface area contributed by atoms with Crippen molar-refractivity contribution in [3.05, 3.63) is 41.6 Å². The molecule has 100 valence electrons. The van der Waals surface area contributed by atoms with Crippen LogP contribution in [0.1, 0.15) is 17.2 Å². The van der Waals surface area contributed by atoms with Crippen LogP contribution in [0.4, 0.5) is 0 Å². The standard InChI is InChI=1S/C14H15NO4/c1-8-10(12(16)13(17)14(18)19-2)6-5-9-4-3-7-15-11(8)9/h3-7,12-13,16-17H,1-2H3. The van der Waals surface area contributed by atoms with Gasteiger partial charge < -0.3 is 14.9 Å². The Bertz CT molecular complexity index is 611. The first-order valence-corrected chi connectivity index (χ1v) is 5.84. The summed E-state index contributed by atoms with van der Waals surface area (Å²) in [5.74, 6) is -0.868. The van der Waals surface area contributed by atoms with Gasteiger partial charge in [-0.25, -0.2) is 4.79 Å². The minimum atomic E-state index is -1.61. The van der Waals surface area contributed by atoms with Gasteiger partial charge in [0, 0.05) is 11.6 Å². The maximum atomic E-state index is 11.3. The molecular weight excluding hydrogens is 246 g/mol. The molecule has 0 saturated heterocycles. The zero-order chi connectivity index (χ0) is 14.0. The van der Waals surface area contributed by atoms with E-state index in [1.54, 1.807) is 25.3 Å². The molecule has 0 aliphatic carbocycles. The number of carbonyl (C=O) groups excluding carboxylic acids is 1. The number of fused-ring (bicyclic) bond motifs is 1. The molecule has 5 nitrogen and oxygen atoms in total.